The predicted molar refractivity (Wildman–Crippen MR) is 54.4 cm³/mol. The highest BCUT2D eigenvalue weighted by Crippen LogP contribution is 2.29. The van der Waals surface area contributed by atoms with Gasteiger partial charge in [0.2, 0.25) is 17.7 Å². The lowest BCUT2D eigenvalue weighted by Crippen LogP contribution is -2.00. The van der Waals surface area contributed by atoms with E-state index < -0.39 is 0 Å². The minimum absolute atomic E-state index is 0.146. The van der Waals surface area contributed by atoms with Gasteiger partial charge in [0.1, 0.15) is 12.6 Å². The van der Waals surface area contributed by atoms with Crippen LogP contribution in [0.1, 0.15) is 5.89 Å². The van der Waals surface area contributed by atoms with E-state index in [1.54, 1.807) is 0 Å². The largest absolute Gasteiger partial charge is 0.480 e. The Morgan fingerprint density at radius 3 is 2.81 bits per heavy atom. The molecule has 2 aromatic heterocycles. The van der Waals surface area contributed by atoms with Gasteiger partial charge in [-0.1, -0.05) is 11.6 Å². The van der Waals surface area contributed by atoms with Gasteiger partial charge in [0.15, 0.2) is 11.6 Å². The number of nitrogens with zero attached hydrogens (tertiary/aromatic N) is 3. The molecule has 84 valence electrons. The van der Waals surface area contributed by atoms with E-state index >= 15 is 0 Å². The van der Waals surface area contributed by atoms with Crippen molar-refractivity contribution >= 4 is 11.6 Å². The number of hydrogen-bond acceptors (Lipinski definition) is 6. The summed E-state index contributed by atoms with van der Waals surface area (Å²) < 4.78 is 15.2. The molecule has 0 N–H and O–H groups in total. The predicted octanol–water partition coefficient (Wildman–Crippen LogP) is 1.71. The van der Waals surface area contributed by atoms with Gasteiger partial charge < -0.3 is 13.9 Å². The van der Waals surface area contributed by atoms with Gasteiger partial charge >= 0.3 is 0 Å². The zero-order valence-electron chi connectivity index (χ0n) is 8.38. The molecule has 0 spiro atoms. The molecular formula is C9H8ClN3O3. The summed E-state index contributed by atoms with van der Waals surface area (Å²) >= 11 is 5.92. The first-order valence-electron chi connectivity index (χ1n) is 4.37. The van der Waals surface area contributed by atoms with Crippen LogP contribution in [0.15, 0.2) is 23.2 Å². The summed E-state index contributed by atoms with van der Waals surface area (Å²) in [5, 5.41) is 0.219. The molecule has 6 nitrogen and oxygen atoms in total. The van der Waals surface area contributed by atoms with Crippen LogP contribution in [0.3, 0.4) is 0 Å². The molecule has 0 saturated heterocycles. The number of halogens is 1. The molecule has 0 bridgehead atoms. The average molecular weight is 242 g/mol. The van der Waals surface area contributed by atoms with Gasteiger partial charge in [-0.25, -0.2) is 15.0 Å². The second-order valence-corrected chi connectivity index (χ2v) is 3.09. The Morgan fingerprint density at radius 1 is 1.31 bits per heavy atom. The van der Waals surface area contributed by atoms with Crippen LogP contribution in [0.25, 0.3) is 0 Å². The maximum atomic E-state index is 5.92. The summed E-state index contributed by atoms with van der Waals surface area (Å²) in [5.74, 6) is 0.930. The van der Waals surface area contributed by atoms with Crippen molar-refractivity contribution in [2.24, 2.45) is 0 Å². The minimum atomic E-state index is 0.146. The van der Waals surface area contributed by atoms with Gasteiger partial charge in [-0.05, 0) is 0 Å². The first-order valence-corrected chi connectivity index (χ1v) is 4.74. The van der Waals surface area contributed by atoms with E-state index in [-0.39, 0.29) is 23.4 Å². The van der Waals surface area contributed by atoms with E-state index in [2.05, 4.69) is 15.0 Å². The van der Waals surface area contributed by atoms with Gasteiger partial charge in [0, 0.05) is 0 Å². The van der Waals surface area contributed by atoms with E-state index in [0.29, 0.717) is 5.89 Å². The molecule has 7 heteroatoms. The standard InChI is InChI=1S/C9H8ClN3O3/c1-14-8-7(10)9(13-5-12-8)16-4-6-11-2-3-15-6/h2-3,5H,4H2,1H3. The van der Waals surface area contributed by atoms with Crippen molar-refractivity contribution in [3.05, 3.63) is 29.7 Å². The van der Waals surface area contributed by atoms with Crippen LogP contribution in [0.5, 0.6) is 11.8 Å². The van der Waals surface area contributed by atoms with E-state index in [1.165, 1.54) is 25.9 Å². The molecule has 0 unspecified atom stereocenters. The number of ether oxygens (including phenoxy) is 2. The first-order chi connectivity index (χ1) is 7.81. The second-order valence-electron chi connectivity index (χ2n) is 2.72. The van der Waals surface area contributed by atoms with Crippen LogP contribution in [0, 0.1) is 0 Å². The lowest BCUT2D eigenvalue weighted by atomic mass is 10.6. The van der Waals surface area contributed by atoms with Crippen molar-refractivity contribution in [2.75, 3.05) is 7.11 Å². The maximum Gasteiger partial charge on any atom is 0.240 e. The molecular weight excluding hydrogens is 234 g/mol. The van der Waals surface area contributed by atoms with Gasteiger partial charge in [-0.15, -0.1) is 0 Å². The number of oxazole rings is 1. The fourth-order valence-electron chi connectivity index (χ4n) is 1.04. The van der Waals surface area contributed by atoms with Crippen LogP contribution >= 0.6 is 11.6 Å². The van der Waals surface area contributed by atoms with Crippen molar-refractivity contribution in [1.82, 2.24) is 15.0 Å². The molecule has 0 radical (unpaired) electrons. The Hall–Kier alpha value is -1.82. The van der Waals surface area contributed by atoms with Gasteiger partial charge in [-0.3, -0.25) is 0 Å². The first kappa shape index (κ1) is 10.7. The van der Waals surface area contributed by atoms with Crippen molar-refractivity contribution < 1.29 is 13.9 Å². The van der Waals surface area contributed by atoms with Crippen LogP contribution in [0.2, 0.25) is 5.02 Å². The Bertz CT molecular complexity index is 461. The molecule has 0 aliphatic rings. The molecule has 0 aliphatic heterocycles. The highest BCUT2D eigenvalue weighted by molar-refractivity contribution is 6.33. The summed E-state index contributed by atoms with van der Waals surface area (Å²) in [6.07, 6.45) is 4.29. The van der Waals surface area contributed by atoms with Crippen LogP contribution in [0.4, 0.5) is 0 Å². The zero-order chi connectivity index (χ0) is 11.4. The molecule has 2 rings (SSSR count). The summed E-state index contributed by atoms with van der Waals surface area (Å²) in [6, 6.07) is 0. The Morgan fingerprint density at radius 2 is 2.12 bits per heavy atom. The SMILES string of the molecule is COc1ncnc(OCc2ncco2)c1Cl. The van der Waals surface area contributed by atoms with Gasteiger partial charge in [0.25, 0.3) is 0 Å². The summed E-state index contributed by atoms with van der Waals surface area (Å²) in [4.78, 5) is 11.6. The second kappa shape index (κ2) is 4.80. The molecule has 2 heterocycles. The fraction of sp³-hybridized carbons (Fsp3) is 0.222. The summed E-state index contributed by atoms with van der Waals surface area (Å²) in [5.41, 5.74) is 0. The van der Waals surface area contributed by atoms with Crippen molar-refractivity contribution in [1.29, 1.82) is 0 Å². The molecule has 16 heavy (non-hydrogen) atoms. The van der Waals surface area contributed by atoms with Crippen molar-refractivity contribution in [3.63, 3.8) is 0 Å². The molecule has 0 aromatic carbocycles. The lowest BCUT2D eigenvalue weighted by molar-refractivity contribution is 0.251. The number of methoxy groups -OCH3 is 1. The normalized spacial score (nSPS) is 10.1. The molecule has 0 aliphatic carbocycles. The highest BCUT2D eigenvalue weighted by atomic mass is 35.5. The molecule has 0 fully saturated rings. The number of aromatic nitrogens is 3. The Kier molecular flexibility index (Phi) is 3.21. The Balaban J connectivity index is 2.09. The van der Waals surface area contributed by atoms with E-state index in [4.69, 9.17) is 25.5 Å². The summed E-state index contributed by atoms with van der Waals surface area (Å²) in [7, 11) is 1.46. The fourth-order valence-corrected chi connectivity index (χ4v) is 1.27. The Labute approximate surface area is 96.2 Å². The third kappa shape index (κ3) is 2.22. The van der Waals surface area contributed by atoms with E-state index in [9.17, 15) is 0 Å². The third-order valence-corrected chi connectivity index (χ3v) is 2.06. The molecule has 0 amide bonds. The number of rotatable bonds is 4. The zero-order valence-corrected chi connectivity index (χ0v) is 9.14. The topological polar surface area (TPSA) is 70.3 Å². The lowest BCUT2D eigenvalue weighted by Gasteiger charge is -2.06. The van der Waals surface area contributed by atoms with Crippen LogP contribution in [-0.2, 0) is 6.61 Å². The molecule has 2 aromatic rings. The van der Waals surface area contributed by atoms with Gasteiger partial charge in [-0.2, -0.15) is 0 Å². The average Bonchev–Trinajstić information content (AvgIpc) is 2.81. The van der Waals surface area contributed by atoms with Crippen molar-refractivity contribution in [2.45, 2.75) is 6.61 Å². The van der Waals surface area contributed by atoms with Crippen LogP contribution in [-0.4, -0.2) is 22.1 Å². The third-order valence-electron chi connectivity index (χ3n) is 1.73. The van der Waals surface area contributed by atoms with E-state index in [0.717, 1.165) is 0 Å². The number of hydrogen-bond donors (Lipinski definition) is 0. The summed E-state index contributed by atoms with van der Waals surface area (Å²) in [6.45, 7) is 0.146. The van der Waals surface area contributed by atoms with Gasteiger partial charge in [0.05, 0.1) is 13.3 Å². The monoisotopic (exact) mass is 241 g/mol. The maximum absolute atomic E-state index is 5.92. The van der Waals surface area contributed by atoms with Crippen molar-refractivity contribution in [3.8, 4) is 11.8 Å². The molecule has 0 atom stereocenters. The highest BCUT2D eigenvalue weighted by Gasteiger charge is 2.11. The smallest absolute Gasteiger partial charge is 0.240 e. The van der Waals surface area contributed by atoms with E-state index in [1.807, 2.05) is 0 Å². The minimum Gasteiger partial charge on any atom is -0.480 e. The molecule has 0 saturated carbocycles. The quantitative estimate of drug-likeness (QED) is 0.812. The van der Waals surface area contributed by atoms with Crippen LogP contribution < -0.4 is 9.47 Å².